The minimum absolute atomic E-state index is 0.00458. The van der Waals surface area contributed by atoms with Crippen molar-refractivity contribution in [2.24, 2.45) is 7.05 Å². The van der Waals surface area contributed by atoms with E-state index >= 15 is 0 Å². The number of anilines is 1. The van der Waals surface area contributed by atoms with Gasteiger partial charge in [-0.1, -0.05) is 0 Å². The maximum Gasteiger partial charge on any atom is 0.413 e. The van der Waals surface area contributed by atoms with Crippen LogP contribution in [-0.2, 0) is 21.8 Å². The predicted octanol–water partition coefficient (Wildman–Crippen LogP) is 1.16. The Hall–Kier alpha value is -1.61. The molecule has 0 atom stereocenters. The second-order valence-corrected chi connectivity index (χ2v) is 7.11. The monoisotopic (exact) mass is 316 g/mol. The summed E-state index contributed by atoms with van der Waals surface area (Å²) >= 11 is 0. The lowest BCUT2D eigenvalue weighted by Crippen LogP contribution is -2.29. The van der Waals surface area contributed by atoms with Crippen molar-refractivity contribution in [3.63, 3.8) is 0 Å². The quantitative estimate of drug-likeness (QED) is 0.899. The van der Waals surface area contributed by atoms with E-state index in [4.69, 9.17) is 4.74 Å². The van der Waals surface area contributed by atoms with Crippen molar-refractivity contribution in [3.8, 4) is 0 Å². The van der Waals surface area contributed by atoms with Gasteiger partial charge in [0.15, 0.2) is 5.82 Å². The largest absolute Gasteiger partial charge is 0.447 e. The summed E-state index contributed by atoms with van der Waals surface area (Å²) in [6, 6.07) is 0. The summed E-state index contributed by atoms with van der Waals surface area (Å²) in [7, 11) is -2.04. The minimum atomic E-state index is -3.64. The fourth-order valence-corrected chi connectivity index (χ4v) is 3.79. The van der Waals surface area contributed by atoms with Crippen LogP contribution in [0.15, 0.2) is 11.1 Å². The molecule has 1 N–H and O–H groups in total. The van der Waals surface area contributed by atoms with E-state index in [1.807, 2.05) is 0 Å². The van der Waals surface area contributed by atoms with Gasteiger partial charge in [0.05, 0.1) is 6.10 Å². The molecule has 0 bridgehead atoms. The lowest BCUT2D eigenvalue weighted by Gasteiger charge is -2.15. The van der Waals surface area contributed by atoms with Gasteiger partial charge in [-0.25, -0.2) is 13.2 Å². The number of amides is 1. The lowest BCUT2D eigenvalue weighted by molar-refractivity contribution is 0.130. The van der Waals surface area contributed by atoms with Gasteiger partial charge in [0.25, 0.3) is 0 Å². The van der Waals surface area contributed by atoms with Gasteiger partial charge in [-0.05, 0) is 26.7 Å². The Kier molecular flexibility index (Phi) is 4.52. The minimum Gasteiger partial charge on any atom is -0.447 e. The summed E-state index contributed by atoms with van der Waals surface area (Å²) in [5.74, 6) is -0.00458. The van der Waals surface area contributed by atoms with Crippen LogP contribution < -0.4 is 5.32 Å². The Morgan fingerprint density at radius 1 is 1.38 bits per heavy atom. The summed E-state index contributed by atoms with van der Waals surface area (Å²) < 4.78 is 32.8. The molecule has 0 aliphatic carbocycles. The maximum atomic E-state index is 12.6. The van der Waals surface area contributed by atoms with E-state index in [9.17, 15) is 13.2 Å². The van der Waals surface area contributed by atoms with E-state index in [0.29, 0.717) is 13.1 Å². The van der Waals surface area contributed by atoms with Crippen molar-refractivity contribution in [3.05, 3.63) is 6.20 Å². The van der Waals surface area contributed by atoms with Crippen LogP contribution in [0.25, 0.3) is 0 Å². The van der Waals surface area contributed by atoms with E-state index in [0.717, 1.165) is 12.8 Å². The summed E-state index contributed by atoms with van der Waals surface area (Å²) in [4.78, 5) is 11.6. The van der Waals surface area contributed by atoms with Gasteiger partial charge in [0.2, 0.25) is 10.0 Å². The highest BCUT2D eigenvalue weighted by molar-refractivity contribution is 7.89. The van der Waals surface area contributed by atoms with E-state index < -0.39 is 16.1 Å². The molecule has 2 rings (SSSR count). The van der Waals surface area contributed by atoms with Crippen LogP contribution in [0.3, 0.4) is 0 Å². The average molecular weight is 316 g/mol. The van der Waals surface area contributed by atoms with Crippen molar-refractivity contribution in [2.75, 3.05) is 18.4 Å². The number of hydrogen-bond acceptors (Lipinski definition) is 5. The summed E-state index contributed by atoms with van der Waals surface area (Å²) in [6.45, 7) is 4.40. The van der Waals surface area contributed by atoms with Gasteiger partial charge in [0, 0.05) is 26.3 Å². The first-order valence-corrected chi connectivity index (χ1v) is 8.26. The van der Waals surface area contributed by atoms with Crippen LogP contribution >= 0.6 is 0 Å². The highest BCUT2D eigenvalue weighted by Crippen LogP contribution is 2.26. The standard InChI is InChI=1S/C12H20N4O4S/c1-9(2)20-12(17)13-11-10(8-15(3)14-11)21(18,19)16-6-4-5-7-16/h8-9H,4-7H2,1-3H3,(H,13,14,17). The van der Waals surface area contributed by atoms with E-state index in [2.05, 4.69) is 10.4 Å². The molecule has 0 saturated carbocycles. The van der Waals surface area contributed by atoms with Gasteiger partial charge in [-0.3, -0.25) is 10.00 Å². The molecule has 2 heterocycles. The Morgan fingerprint density at radius 3 is 2.57 bits per heavy atom. The number of carbonyl (C=O) groups excluding carboxylic acids is 1. The van der Waals surface area contributed by atoms with Crippen molar-refractivity contribution >= 4 is 21.9 Å². The number of nitrogens with zero attached hydrogens (tertiary/aromatic N) is 3. The molecule has 8 nitrogen and oxygen atoms in total. The van der Waals surface area contributed by atoms with E-state index in [-0.39, 0.29) is 16.8 Å². The van der Waals surface area contributed by atoms with Gasteiger partial charge >= 0.3 is 6.09 Å². The Bertz CT molecular complexity index is 617. The molecule has 21 heavy (non-hydrogen) atoms. The number of ether oxygens (including phenoxy) is 1. The Balaban J connectivity index is 2.26. The molecule has 1 aliphatic heterocycles. The van der Waals surface area contributed by atoms with Crippen molar-refractivity contribution < 1.29 is 17.9 Å². The molecule has 118 valence electrons. The second-order valence-electron chi connectivity index (χ2n) is 5.21. The fourth-order valence-electron chi connectivity index (χ4n) is 2.15. The Labute approximate surface area is 124 Å². The molecule has 9 heteroatoms. The molecule has 0 spiro atoms. The highest BCUT2D eigenvalue weighted by Gasteiger charge is 2.32. The van der Waals surface area contributed by atoms with Crippen molar-refractivity contribution in [1.82, 2.24) is 14.1 Å². The summed E-state index contributed by atoms with van der Waals surface area (Å²) in [6.07, 6.45) is 2.06. The van der Waals surface area contributed by atoms with Crippen LogP contribution in [0.4, 0.5) is 10.6 Å². The molecule has 1 amide bonds. The molecule has 1 aliphatic rings. The van der Waals surface area contributed by atoms with Gasteiger partial charge in [-0.15, -0.1) is 0 Å². The van der Waals surface area contributed by atoms with E-state index in [1.54, 1.807) is 20.9 Å². The average Bonchev–Trinajstić information content (AvgIpc) is 2.97. The topological polar surface area (TPSA) is 93.5 Å². The molecule has 1 aromatic heterocycles. The lowest BCUT2D eigenvalue weighted by atomic mass is 10.4. The van der Waals surface area contributed by atoms with Gasteiger partial charge < -0.3 is 4.74 Å². The molecule has 1 fully saturated rings. The number of aryl methyl sites for hydroxylation is 1. The smallest absolute Gasteiger partial charge is 0.413 e. The van der Waals surface area contributed by atoms with Crippen LogP contribution in [0.1, 0.15) is 26.7 Å². The molecule has 0 unspecified atom stereocenters. The predicted molar refractivity (Wildman–Crippen MR) is 76.4 cm³/mol. The number of hydrogen-bond donors (Lipinski definition) is 1. The molecule has 0 aromatic carbocycles. The zero-order valence-electron chi connectivity index (χ0n) is 12.4. The zero-order chi connectivity index (χ0) is 15.6. The normalized spacial score (nSPS) is 16.4. The van der Waals surface area contributed by atoms with Crippen LogP contribution in [-0.4, -0.2) is 47.8 Å². The SMILES string of the molecule is CC(C)OC(=O)Nc1nn(C)cc1S(=O)(=O)N1CCCC1. The summed E-state index contributed by atoms with van der Waals surface area (Å²) in [5, 5.41) is 6.39. The maximum absolute atomic E-state index is 12.6. The molecular formula is C12H20N4O4S. The Morgan fingerprint density at radius 2 is 2.00 bits per heavy atom. The first-order chi connectivity index (χ1) is 9.80. The molecule has 1 saturated heterocycles. The molecule has 0 radical (unpaired) electrons. The summed E-state index contributed by atoms with van der Waals surface area (Å²) in [5.41, 5.74) is 0. The van der Waals surface area contributed by atoms with E-state index in [1.165, 1.54) is 15.2 Å². The number of nitrogens with one attached hydrogen (secondary N) is 1. The third kappa shape index (κ3) is 3.53. The fraction of sp³-hybridized carbons (Fsp3) is 0.667. The number of aromatic nitrogens is 2. The first kappa shape index (κ1) is 15.8. The van der Waals surface area contributed by atoms with Crippen LogP contribution in [0.2, 0.25) is 0 Å². The number of sulfonamides is 1. The van der Waals surface area contributed by atoms with Gasteiger partial charge in [0.1, 0.15) is 4.90 Å². The highest BCUT2D eigenvalue weighted by atomic mass is 32.2. The third-order valence-electron chi connectivity index (χ3n) is 3.04. The van der Waals surface area contributed by atoms with Crippen LogP contribution in [0, 0.1) is 0 Å². The van der Waals surface area contributed by atoms with Crippen molar-refractivity contribution in [1.29, 1.82) is 0 Å². The second kappa shape index (κ2) is 6.02. The van der Waals surface area contributed by atoms with Crippen molar-refractivity contribution in [2.45, 2.75) is 37.7 Å². The third-order valence-corrected chi connectivity index (χ3v) is 4.94. The number of carbonyl (C=O) groups is 1. The number of rotatable bonds is 4. The molecule has 1 aromatic rings. The molecular weight excluding hydrogens is 296 g/mol. The zero-order valence-corrected chi connectivity index (χ0v) is 13.2. The van der Waals surface area contributed by atoms with Crippen LogP contribution in [0.5, 0.6) is 0 Å². The van der Waals surface area contributed by atoms with Gasteiger partial charge in [-0.2, -0.15) is 9.40 Å². The first-order valence-electron chi connectivity index (χ1n) is 6.82.